The molecule has 9 nitrogen and oxygen atoms in total. The molecule has 0 radical (unpaired) electrons. The van der Waals surface area contributed by atoms with Gasteiger partial charge in [0.25, 0.3) is 0 Å². The zero-order valence-corrected chi connectivity index (χ0v) is 22.4. The van der Waals surface area contributed by atoms with Crippen LogP contribution in [0.5, 0.6) is 17.2 Å². The first kappa shape index (κ1) is 26.3. The maximum Gasteiger partial charge on any atom is 0.336 e. The summed E-state index contributed by atoms with van der Waals surface area (Å²) in [6.45, 7) is 5.61. The van der Waals surface area contributed by atoms with E-state index in [-0.39, 0.29) is 20.0 Å². The summed E-state index contributed by atoms with van der Waals surface area (Å²) in [6.07, 6.45) is 0.333. The molecule has 2 aromatic carbocycles. The summed E-state index contributed by atoms with van der Waals surface area (Å²) in [4.78, 5) is 41.1. The lowest BCUT2D eigenvalue weighted by molar-refractivity contribution is -0.152. The van der Waals surface area contributed by atoms with E-state index in [9.17, 15) is 14.4 Å². The Morgan fingerprint density at radius 1 is 1.03 bits per heavy atom. The summed E-state index contributed by atoms with van der Waals surface area (Å²) in [6, 6.07) is 12.7. The van der Waals surface area contributed by atoms with Crippen molar-refractivity contribution in [3.63, 3.8) is 0 Å². The molecule has 39 heavy (non-hydrogen) atoms. The topological polar surface area (TPSA) is 109 Å². The molecule has 0 aromatic heterocycles. The van der Waals surface area contributed by atoms with E-state index >= 15 is 0 Å². The smallest absolute Gasteiger partial charge is 0.336 e. The lowest BCUT2D eigenvalue weighted by atomic mass is 9.67. The summed E-state index contributed by atoms with van der Waals surface area (Å²) in [5, 5.41) is 3.31. The van der Waals surface area contributed by atoms with Crippen LogP contribution >= 0.6 is 0 Å². The number of fused-ring (bicyclic) bond motifs is 1. The van der Waals surface area contributed by atoms with Gasteiger partial charge in [-0.3, -0.25) is 9.59 Å². The van der Waals surface area contributed by atoms with Gasteiger partial charge in [0, 0.05) is 28.8 Å². The van der Waals surface area contributed by atoms with Gasteiger partial charge in [-0.25, -0.2) is 4.79 Å². The van der Waals surface area contributed by atoms with Gasteiger partial charge in [0.15, 0.2) is 17.3 Å². The molecular formula is C30H31NO8. The molecule has 204 valence electrons. The van der Waals surface area contributed by atoms with Crippen molar-refractivity contribution in [2.24, 2.45) is 5.92 Å². The van der Waals surface area contributed by atoms with E-state index in [4.69, 9.17) is 23.7 Å². The first-order chi connectivity index (χ1) is 18.9. The van der Waals surface area contributed by atoms with E-state index in [1.165, 1.54) is 0 Å². The van der Waals surface area contributed by atoms with Crippen LogP contribution in [0.15, 0.2) is 65.0 Å². The second-order valence-corrected chi connectivity index (χ2v) is 9.47. The van der Waals surface area contributed by atoms with Gasteiger partial charge in [0.2, 0.25) is 6.79 Å². The number of dihydropyridines is 1. The van der Waals surface area contributed by atoms with Gasteiger partial charge in [0.05, 0.1) is 25.9 Å². The van der Waals surface area contributed by atoms with E-state index in [0.29, 0.717) is 51.8 Å². The molecule has 2 aromatic rings. The number of rotatable bonds is 7. The van der Waals surface area contributed by atoms with Gasteiger partial charge in [-0.05, 0) is 56.5 Å². The number of ether oxygens (including phenoxy) is 5. The van der Waals surface area contributed by atoms with E-state index in [1.807, 2.05) is 18.2 Å². The Morgan fingerprint density at radius 3 is 2.51 bits per heavy atom. The average Bonchev–Trinajstić information content (AvgIpc) is 3.40. The molecule has 0 saturated heterocycles. The molecule has 0 amide bonds. The minimum atomic E-state index is -1.12. The summed E-state index contributed by atoms with van der Waals surface area (Å²) in [7, 11) is 1.56. The molecule has 1 N–H and O–H groups in total. The quantitative estimate of drug-likeness (QED) is 0.415. The number of hydrogen-bond acceptors (Lipinski definition) is 9. The van der Waals surface area contributed by atoms with Crippen molar-refractivity contribution in [3.05, 3.63) is 76.1 Å². The van der Waals surface area contributed by atoms with Crippen LogP contribution in [0.4, 0.5) is 0 Å². The van der Waals surface area contributed by atoms with E-state index in [2.05, 4.69) is 5.32 Å². The predicted molar refractivity (Wildman–Crippen MR) is 140 cm³/mol. The largest absolute Gasteiger partial charge is 0.496 e. The third-order valence-electron chi connectivity index (χ3n) is 7.32. The Hall–Kier alpha value is -4.27. The molecule has 1 aliphatic carbocycles. The number of carbonyl (C=O) groups is 3. The number of allylic oxidation sites excluding steroid dienone is 3. The molecule has 3 aliphatic rings. The first-order valence-corrected chi connectivity index (χ1v) is 13.0. The molecule has 2 aliphatic heterocycles. The summed E-state index contributed by atoms with van der Waals surface area (Å²) >= 11 is 0. The third kappa shape index (κ3) is 4.62. The van der Waals surface area contributed by atoms with Crippen molar-refractivity contribution in [2.45, 2.75) is 39.0 Å². The van der Waals surface area contributed by atoms with Crippen molar-refractivity contribution >= 4 is 17.7 Å². The van der Waals surface area contributed by atoms with Crippen LogP contribution in [0.2, 0.25) is 0 Å². The molecule has 0 spiro atoms. The number of nitrogens with one attached hydrogen (secondary N) is 1. The second kappa shape index (κ2) is 10.8. The molecule has 9 heteroatoms. The SMILES string of the molecule is CCOC(=O)C1=C(C)NC2=C(C(=O)[C@@H](C(=O)OCC)[C@@H](c3ccccc3OC)C2)[C@@H]1c1ccc2c(c1)OCO2. The van der Waals surface area contributed by atoms with Crippen LogP contribution in [-0.4, -0.2) is 44.8 Å². The average molecular weight is 534 g/mol. The second-order valence-electron chi connectivity index (χ2n) is 9.47. The fourth-order valence-electron chi connectivity index (χ4n) is 5.71. The zero-order valence-electron chi connectivity index (χ0n) is 22.4. The fourth-order valence-corrected chi connectivity index (χ4v) is 5.71. The van der Waals surface area contributed by atoms with Crippen LogP contribution < -0.4 is 19.5 Å². The minimum absolute atomic E-state index is 0.0863. The van der Waals surface area contributed by atoms with Crippen molar-refractivity contribution < 1.29 is 38.1 Å². The molecule has 0 saturated carbocycles. The lowest BCUT2D eigenvalue weighted by Gasteiger charge is -2.39. The van der Waals surface area contributed by atoms with Crippen LogP contribution in [0.3, 0.4) is 0 Å². The van der Waals surface area contributed by atoms with Crippen molar-refractivity contribution in [2.75, 3.05) is 27.1 Å². The molecule has 5 rings (SSSR count). The number of ketones is 1. The number of esters is 2. The summed E-state index contributed by atoms with van der Waals surface area (Å²) in [5.41, 5.74) is 3.26. The summed E-state index contributed by atoms with van der Waals surface area (Å²) in [5.74, 6) is -2.32. The molecule has 0 fully saturated rings. The Labute approximate surface area is 226 Å². The maximum atomic E-state index is 14.4. The van der Waals surface area contributed by atoms with Gasteiger partial charge < -0.3 is 29.0 Å². The van der Waals surface area contributed by atoms with Crippen molar-refractivity contribution in [1.29, 1.82) is 0 Å². The lowest BCUT2D eigenvalue weighted by Crippen LogP contribution is -2.43. The number of carbonyl (C=O) groups excluding carboxylic acids is 3. The molecule has 0 unspecified atom stereocenters. The van der Waals surface area contributed by atoms with Crippen LogP contribution in [-0.2, 0) is 23.9 Å². The van der Waals surface area contributed by atoms with Gasteiger partial charge in [-0.15, -0.1) is 0 Å². The Kier molecular flexibility index (Phi) is 7.32. The van der Waals surface area contributed by atoms with Gasteiger partial charge in [-0.2, -0.15) is 0 Å². The highest BCUT2D eigenvalue weighted by Crippen LogP contribution is 2.50. The first-order valence-electron chi connectivity index (χ1n) is 13.0. The number of methoxy groups -OCH3 is 1. The monoisotopic (exact) mass is 533 g/mol. The van der Waals surface area contributed by atoms with Gasteiger partial charge in [-0.1, -0.05) is 24.3 Å². The molecule has 3 atom stereocenters. The van der Waals surface area contributed by atoms with E-state index in [0.717, 1.165) is 5.56 Å². The predicted octanol–water partition coefficient (Wildman–Crippen LogP) is 4.14. The minimum Gasteiger partial charge on any atom is -0.496 e. The number of benzene rings is 2. The highest BCUT2D eigenvalue weighted by Gasteiger charge is 2.49. The van der Waals surface area contributed by atoms with Crippen molar-refractivity contribution in [3.8, 4) is 17.2 Å². The van der Waals surface area contributed by atoms with Crippen LogP contribution in [0, 0.1) is 5.92 Å². The third-order valence-corrected chi connectivity index (χ3v) is 7.32. The zero-order chi connectivity index (χ0) is 27.7. The maximum absolute atomic E-state index is 14.4. The fraction of sp³-hybridized carbons (Fsp3) is 0.367. The normalized spacial score (nSPS) is 21.7. The van der Waals surface area contributed by atoms with Crippen LogP contribution in [0.1, 0.15) is 50.2 Å². The highest BCUT2D eigenvalue weighted by atomic mass is 16.7. The Morgan fingerprint density at radius 2 is 1.77 bits per heavy atom. The van der Waals surface area contributed by atoms with E-state index in [1.54, 1.807) is 52.1 Å². The highest BCUT2D eigenvalue weighted by molar-refractivity contribution is 6.13. The van der Waals surface area contributed by atoms with Crippen molar-refractivity contribution in [1.82, 2.24) is 5.32 Å². The van der Waals surface area contributed by atoms with Crippen LogP contribution in [0.25, 0.3) is 0 Å². The standard InChI is InChI=1S/C30H31NO8/c1-5-36-29(33)24-16(3)31-20-14-19(18-9-7-8-10-21(18)35-4)26(30(34)37-6-2)28(32)27(20)25(24)17-11-12-22-23(13-17)39-15-38-22/h7-13,19,25-26,31H,5-6,14-15H2,1-4H3/t19-,25-,26+/m1/s1. The summed E-state index contributed by atoms with van der Waals surface area (Å²) < 4.78 is 27.5. The Bertz CT molecular complexity index is 1390. The molecule has 2 heterocycles. The number of Topliss-reactive ketones (excluding diaryl/α,β-unsaturated/α-hetero) is 1. The number of para-hydroxylation sites is 1. The molecular weight excluding hydrogens is 502 g/mol. The Balaban J connectivity index is 1.69. The van der Waals surface area contributed by atoms with Gasteiger partial charge >= 0.3 is 11.9 Å². The number of hydrogen-bond donors (Lipinski definition) is 1. The van der Waals surface area contributed by atoms with Gasteiger partial charge in [0.1, 0.15) is 11.7 Å². The van der Waals surface area contributed by atoms with E-state index < -0.39 is 35.5 Å². The molecule has 0 bridgehead atoms.